The number of hydrogen-bond donors (Lipinski definition) is 2. The largest absolute Gasteiger partial charge is 0.472 e. The van der Waals surface area contributed by atoms with Crippen LogP contribution in [0.15, 0.2) is 48.6 Å². The van der Waals surface area contributed by atoms with Crippen LogP contribution in [-0.4, -0.2) is 49.9 Å². The Hall–Kier alpha value is -1.54. The third-order valence-corrected chi connectivity index (χ3v) is 5.71. The van der Waals surface area contributed by atoms with Crippen molar-refractivity contribution in [2.45, 2.75) is 84.2 Å². The van der Waals surface area contributed by atoms with Gasteiger partial charge in [-0.25, -0.2) is 4.57 Å². The molecule has 0 aliphatic rings. The zero-order valence-corrected chi connectivity index (χ0v) is 23.1. The average Bonchev–Trinajstić information content (AvgIpc) is 2.85. The summed E-state index contributed by atoms with van der Waals surface area (Å²) in [5, 5.41) is 0. The van der Waals surface area contributed by atoms with E-state index in [1.54, 1.807) is 0 Å². The molecule has 0 saturated carbocycles. The van der Waals surface area contributed by atoms with Crippen molar-refractivity contribution in [3.63, 3.8) is 0 Å². The first-order valence-electron chi connectivity index (χ1n) is 13.1. The topological polar surface area (TPSA) is 117 Å². The summed E-state index contributed by atoms with van der Waals surface area (Å²) in [6, 6.07) is 0. The number of phosphoric ester groups is 1. The van der Waals surface area contributed by atoms with Crippen LogP contribution in [0.25, 0.3) is 0 Å². The Morgan fingerprint density at radius 3 is 2.11 bits per heavy atom. The van der Waals surface area contributed by atoms with Gasteiger partial charge in [0, 0.05) is 19.6 Å². The highest BCUT2D eigenvalue weighted by molar-refractivity contribution is 7.47. The number of hydrogen-bond acceptors (Lipinski definition) is 7. The quantitative estimate of drug-likeness (QED) is 0.0659. The van der Waals surface area contributed by atoms with Crippen molar-refractivity contribution in [2.75, 3.05) is 33.0 Å². The Balaban J connectivity index is 3.97. The minimum Gasteiger partial charge on any atom is -0.457 e. The molecule has 36 heavy (non-hydrogen) atoms. The Kier molecular flexibility index (Phi) is 24.0. The molecular formula is C27H48NO7P. The lowest BCUT2D eigenvalue weighted by atomic mass is 10.2. The fourth-order valence-corrected chi connectivity index (χ4v) is 3.67. The van der Waals surface area contributed by atoms with Crippen LogP contribution in [0, 0.1) is 0 Å². The van der Waals surface area contributed by atoms with Crippen LogP contribution in [0.2, 0.25) is 0 Å². The van der Waals surface area contributed by atoms with Gasteiger partial charge in [0.2, 0.25) is 0 Å². The SMILES string of the molecule is CC/C=C\C/C=C\C/C=C\C/C=C\CCCCCOCC(COP(=O)(O)OCCN)OC(=O)CCC. The van der Waals surface area contributed by atoms with Gasteiger partial charge in [-0.3, -0.25) is 13.8 Å². The van der Waals surface area contributed by atoms with Crippen molar-refractivity contribution in [1.29, 1.82) is 0 Å². The molecule has 0 spiro atoms. The lowest BCUT2D eigenvalue weighted by Gasteiger charge is -2.19. The molecule has 0 heterocycles. The number of esters is 1. The Morgan fingerprint density at radius 1 is 0.861 bits per heavy atom. The Labute approximate surface area is 218 Å². The van der Waals surface area contributed by atoms with E-state index in [-0.39, 0.29) is 32.8 Å². The van der Waals surface area contributed by atoms with E-state index in [2.05, 4.69) is 55.5 Å². The third-order valence-electron chi connectivity index (χ3n) is 4.73. The van der Waals surface area contributed by atoms with Crippen molar-refractivity contribution in [3.05, 3.63) is 48.6 Å². The van der Waals surface area contributed by atoms with Crippen LogP contribution in [0.1, 0.15) is 78.1 Å². The van der Waals surface area contributed by atoms with E-state index in [1.165, 1.54) is 0 Å². The molecule has 0 aromatic heterocycles. The Morgan fingerprint density at radius 2 is 1.50 bits per heavy atom. The van der Waals surface area contributed by atoms with Crippen LogP contribution in [0.3, 0.4) is 0 Å². The average molecular weight is 530 g/mol. The fourth-order valence-electron chi connectivity index (χ4n) is 2.90. The Bertz CT molecular complexity index is 692. The molecule has 0 aliphatic carbocycles. The first kappa shape index (κ1) is 34.5. The molecule has 0 aliphatic heterocycles. The second-order valence-corrected chi connectivity index (χ2v) is 9.63. The summed E-state index contributed by atoms with van der Waals surface area (Å²) < 4.78 is 32.3. The zero-order chi connectivity index (χ0) is 26.7. The van der Waals surface area contributed by atoms with E-state index in [0.29, 0.717) is 13.0 Å². The van der Waals surface area contributed by atoms with E-state index in [4.69, 9.17) is 24.3 Å². The molecule has 0 fully saturated rings. The van der Waals surface area contributed by atoms with Gasteiger partial charge >= 0.3 is 13.8 Å². The van der Waals surface area contributed by atoms with E-state index >= 15 is 0 Å². The van der Waals surface area contributed by atoms with Gasteiger partial charge in [-0.2, -0.15) is 0 Å². The highest BCUT2D eigenvalue weighted by atomic mass is 31.2. The minimum atomic E-state index is -4.24. The molecule has 0 radical (unpaired) electrons. The number of phosphoric acid groups is 1. The normalized spacial score (nSPS) is 14.9. The minimum absolute atomic E-state index is 0.0865. The summed E-state index contributed by atoms with van der Waals surface area (Å²) in [4.78, 5) is 21.4. The molecule has 0 aromatic carbocycles. The standard InChI is InChI=1S/C27H48NO7P/c1-3-5-6-7-8-9-10-11-12-13-14-15-16-17-18-19-22-32-24-26(35-27(29)20-4-2)25-34-36(30,31)33-23-21-28/h5-6,8-9,11-12,14-15,26H,3-4,7,10,13,16-25,28H2,1-2H3,(H,30,31)/b6-5-,9-8-,12-11-,15-14-. The van der Waals surface area contributed by atoms with Gasteiger partial charge in [-0.05, 0) is 51.4 Å². The van der Waals surface area contributed by atoms with Gasteiger partial charge in [-0.15, -0.1) is 0 Å². The maximum Gasteiger partial charge on any atom is 0.472 e. The molecule has 0 aromatic rings. The van der Waals surface area contributed by atoms with E-state index in [9.17, 15) is 14.3 Å². The van der Waals surface area contributed by atoms with Crippen LogP contribution in [0.5, 0.6) is 0 Å². The van der Waals surface area contributed by atoms with Gasteiger partial charge < -0.3 is 20.1 Å². The molecule has 208 valence electrons. The molecular weight excluding hydrogens is 481 g/mol. The second-order valence-electron chi connectivity index (χ2n) is 8.17. The molecule has 9 heteroatoms. The van der Waals surface area contributed by atoms with Crippen molar-refractivity contribution >= 4 is 13.8 Å². The van der Waals surface area contributed by atoms with Crippen LogP contribution >= 0.6 is 7.82 Å². The number of unbranched alkanes of at least 4 members (excludes halogenated alkanes) is 3. The highest BCUT2D eigenvalue weighted by Crippen LogP contribution is 2.43. The maximum atomic E-state index is 11.8. The third kappa shape index (κ3) is 24.2. The lowest BCUT2D eigenvalue weighted by Crippen LogP contribution is -2.28. The van der Waals surface area contributed by atoms with Crippen molar-refractivity contribution in [3.8, 4) is 0 Å². The molecule has 0 bridgehead atoms. The molecule has 0 amide bonds. The van der Waals surface area contributed by atoms with Crippen molar-refractivity contribution in [2.24, 2.45) is 5.73 Å². The molecule has 0 saturated heterocycles. The fraction of sp³-hybridized carbons (Fsp3) is 0.667. The second kappa shape index (κ2) is 25.1. The van der Waals surface area contributed by atoms with Gasteiger partial charge in [-0.1, -0.05) is 68.9 Å². The number of allylic oxidation sites excluding steroid dienone is 8. The highest BCUT2D eigenvalue weighted by Gasteiger charge is 2.24. The molecule has 2 unspecified atom stereocenters. The van der Waals surface area contributed by atoms with Gasteiger partial charge in [0.05, 0.1) is 19.8 Å². The summed E-state index contributed by atoms with van der Waals surface area (Å²) in [7, 11) is -4.24. The summed E-state index contributed by atoms with van der Waals surface area (Å²) in [5.74, 6) is -0.400. The smallest absolute Gasteiger partial charge is 0.457 e. The first-order valence-corrected chi connectivity index (χ1v) is 14.6. The predicted octanol–water partition coefficient (Wildman–Crippen LogP) is 6.17. The zero-order valence-electron chi connectivity index (χ0n) is 22.2. The molecule has 8 nitrogen and oxygen atoms in total. The number of carbonyl (C=O) groups excluding carboxylic acids is 1. The molecule has 0 rings (SSSR count). The van der Waals surface area contributed by atoms with Crippen molar-refractivity contribution in [1.82, 2.24) is 0 Å². The van der Waals surface area contributed by atoms with Crippen LogP contribution in [-0.2, 0) is 27.9 Å². The van der Waals surface area contributed by atoms with Crippen molar-refractivity contribution < 1.29 is 32.8 Å². The van der Waals surface area contributed by atoms with Crippen LogP contribution < -0.4 is 5.73 Å². The lowest BCUT2D eigenvalue weighted by molar-refractivity contribution is -0.154. The first-order chi connectivity index (χ1) is 17.4. The number of nitrogens with two attached hydrogens (primary N) is 1. The summed E-state index contributed by atoms with van der Waals surface area (Å²) in [5.41, 5.74) is 5.26. The molecule has 2 atom stereocenters. The van der Waals surface area contributed by atoms with Gasteiger partial charge in [0.1, 0.15) is 6.10 Å². The molecule has 3 N–H and O–H groups in total. The maximum absolute atomic E-state index is 11.8. The number of ether oxygens (including phenoxy) is 2. The monoisotopic (exact) mass is 529 g/mol. The number of carbonyl (C=O) groups is 1. The van der Waals surface area contributed by atoms with E-state index < -0.39 is 19.9 Å². The summed E-state index contributed by atoms with van der Waals surface area (Å²) >= 11 is 0. The van der Waals surface area contributed by atoms with Crippen LogP contribution in [0.4, 0.5) is 0 Å². The van der Waals surface area contributed by atoms with Gasteiger partial charge in [0.25, 0.3) is 0 Å². The summed E-state index contributed by atoms with van der Waals surface area (Å²) in [6.45, 7) is 4.29. The predicted molar refractivity (Wildman–Crippen MR) is 146 cm³/mol. The van der Waals surface area contributed by atoms with E-state index in [1.807, 2.05) is 6.92 Å². The van der Waals surface area contributed by atoms with Gasteiger partial charge in [0.15, 0.2) is 0 Å². The van der Waals surface area contributed by atoms with E-state index in [0.717, 1.165) is 51.4 Å². The summed E-state index contributed by atoms with van der Waals surface area (Å²) in [6.07, 6.45) is 25.6. The number of rotatable bonds is 24.